The lowest BCUT2D eigenvalue weighted by molar-refractivity contribution is 0.0411. The third-order valence-electron chi connectivity index (χ3n) is 3.67. The molecule has 2 rings (SSSR count). The van der Waals surface area contributed by atoms with E-state index in [9.17, 15) is 20.6 Å². The zero-order chi connectivity index (χ0) is 16.0. The van der Waals surface area contributed by atoms with Gasteiger partial charge in [0.1, 0.15) is 6.07 Å². The van der Waals surface area contributed by atoms with E-state index in [0.717, 1.165) is 11.4 Å². The Labute approximate surface area is 128 Å². The maximum absolute atomic E-state index is 9.34. The summed E-state index contributed by atoms with van der Waals surface area (Å²) >= 11 is 0. The molecule has 6 nitrogen and oxygen atoms in total. The van der Waals surface area contributed by atoms with Crippen molar-refractivity contribution >= 4 is 0 Å². The number of nitrogens with one attached hydrogen (secondary N) is 1. The molecular formula is C16H19N3O3. The minimum absolute atomic E-state index is 0.328. The first kappa shape index (κ1) is 16.2. The maximum atomic E-state index is 9.34. The van der Waals surface area contributed by atoms with Gasteiger partial charge in [0.25, 0.3) is 0 Å². The third kappa shape index (κ3) is 3.18. The fourth-order valence-electron chi connectivity index (χ4n) is 2.17. The number of hydrogen-bond acceptors (Lipinski definition) is 5. The summed E-state index contributed by atoms with van der Waals surface area (Å²) in [7, 11) is 0. The van der Waals surface area contributed by atoms with Crippen molar-refractivity contribution in [3.8, 4) is 11.8 Å². The Hall–Kier alpha value is -2.17. The number of aliphatic hydroxyl groups is 3. The van der Waals surface area contributed by atoms with Crippen LogP contribution in [-0.2, 0) is 6.54 Å². The van der Waals surface area contributed by atoms with Gasteiger partial charge in [-0.3, -0.25) is 5.32 Å². The van der Waals surface area contributed by atoms with Crippen LogP contribution in [0.5, 0.6) is 0 Å². The molecule has 0 aliphatic rings. The standard InChI is InChI=1S/C16H19N3O3/c17-8-13-4-1-2-6-15(13)19-7-3-5-14(19)9-18-16(10-20,11-21)12-22/h1-7,18,20-22H,9-12H2. The summed E-state index contributed by atoms with van der Waals surface area (Å²) in [6, 6.07) is 13.1. The molecule has 0 aliphatic heterocycles. The van der Waals surface area contributed by atoms with Crippen molar-refractivity contribution < 1.29 is 15.3 Å². The largest absolute Gasteiger partial charge is 0.394 e. The van der Waals surface area contributed by atoms with Crippen LogP contribution < -0.4 is 5.32 Å². The molecule has 0 spiro atoms. The lowest BCUT2D eigenvalue weighted by Gasteiger charge is -2.29. The first-order valence-electron chi connectivity index (χ1n) is 6.93. The second-order valence-electron chi connectivity index (χ2n) is 5.11. The molecule has 6 heteroatoms. The molecule has 0 radical (unpaired) electrons. The van der Waals surface area contributed by atoms with Gasteiger partial charge in [-0.05, 0) is 24.3 Å². The van der Waals surface area contributed by atoms with Gasteiger partial charge in [-0.2, -0.15) is 5.26 Å². The quantitative estimate of drug-likeness (QED) is 0.583. The summed E-state index contributed by atoms with van der Waals surface area (Å²) in [5, 5.41) is 40.2. The highest BCUT2D eigenvalue weighted by Crippen LogP contribution is 2.17. The highest BCUT2D eigenvalue weighted by atomic mass is 16.3. The van der Waals surface area contributed by atoms with E-state index in [4.69, 9.17) is 0 Å². The van der Waals surface area contributed by atoms with E-state index in [1.54, 1.807) is 12.1 Å². The van der Waals surface area contributed by atoms with E-state index < -0.39 is 5.54 Å². The predicted molar refractivity (Wildman–Crippen MR) is 81.3 cm³/mol. The van der Waals surface area contributed by atoms with E-state index >= 15 is 0 Å². The van der Waals surface area contributed by atoms with Crippen LogP contribution in [0.2, 0.25) is 0 Å². The Balaban J connectivity index is 2.26. The molecule has 0 atom stereocenters. The number of nitriles is 1. The van der Waals surface area contributed by atoms with Gasteiger partial charge in [-0.15, -0.1) is 0 Å². The summed E-state index contributed by atoms with van der Waals surface area (Å²) in [5.74, 6) is 0. The molecule has 0 saturated carbocycles. The molecule has 0 saturated heterocycles. The van der Waals surface area contributed by atoms with E-state index in [-0.39, 0.29) is 19.8 Å². The minimum Gasteiger partial charge on any atom is -0.394 e. The van der Waals surface area contributed by atoms with Crippen LogP contribution >= 0.6 is 0 Å². The van der Waals surface area contributed by atoms with E-state index in [2.05, 4.69) is 11.4 Å². The van der Waals surface area contributed by atoms with Crippen LogP contribution in [0.1, 0.15) is 11.3 Å². The third-order valence-corrected chi connectivity index (χ3v) is 3.67. The predicted octanol–water partition coefficient (Wildman–Crippen LogP) is 0.154. The van der Waals surface area contributed by atoms with Crippen molar-refractivity contribution in [2.24, 2.45) is 0 Å². The summed E-state index contributed by atoms with van der Waals surface area (Å²) in [6.45, 7) is -0.811. The normalized spacial score (nSPS) is 11.4. The van der Waals surface area contributed by atoms with E-state index in [0.29, 0.717) is 12.1 Å². The topological polar surface area (TPSA) is 101 Å². The van der Waals surface area contributed by atoms with Crippen LogP contribution in [-0.4, -0.2) is 45.2 Å². The molecule has 1 aromatic heterocycles. The lowest BCUT2D eigenvalue weighted by Crippen LogP contribution is -2.54. The molecule has 0 fully saturated rings. The molecule has 116 valence electrons. The van der Waals surface area contributed by atoms with Crippen molar-refractivity contribution in [3.63, 3.8) is 0 Å². The second kappa shape index (κ2) is 7.20. The van der Waals surface area contributed by atoms with Crippen molar-refractivity contribution in [1.82, 2.24) is 9.88 Å². The second-order valence-corrected chi connectivity index (χ2v) is 5.11. The fourth-order valence-corrected chi connectivity index (χ4v) is 2.17. The molecule has 1 heterocycles. The lowest BCUT2D eigenvalue weighted by atomic mass is 10.0. The van der Waals surface area contributed by atoms with Gasteiger partial charge in [-0.25, -0.2) is 0 Å². The Morgan fingerprint density at radius 1 is 1.05 bits per heavy atom. The first-order chi connectivity index (χ1) is 10.7. The Morgan fingerprint density at radius 2 is 1.73 bits per heavy atom. The number of aromatic nitrogens is 1. The van der Waals surface area contributed by atoms with Crippen molar-refractivity contribution in [1.29, 1.82) is 5.26 Å². The zero-order valence-corrected chi connectivity index (χ0v) is 12.1. The smallest absolute Gasteiger partial charge is 0.101 e. The molecule has 0 bridgehead atoms. The van der Waals surface area contributed by atoms with Crippen LogP contribution in [0.15, 0.2) is 42.6 Å². The van der Waals surface area contributed by atoms with Gasteiger partial charge >= 0.3 is 0 Å². The van der Waals surface area contributed by atoms with E-state index in [1.807, 2.05) is 35.0 Å². The van der Waals surface area contributed by atoms with Crippen LogP contribution in [0.3, 0.4) is 0 Å². The molecule has 4 N–H and O–H groups in total. The molecule has 0 amide bonds. The highest BCUT2D eigenvalue weighted by molar-refractivity contribution is 5.49. The van der Waals surface area contributed by atoms with Crippen molar-refractivity contribution in [2.45, 2.75) is 12.1 Å². The van der Waals surface area contributed by atoms with Gasteiger partial charge in [0.05, 0.1) is 36.6 Å². The number of nitrogens with zero attached hydrogens (tertiary/aromatic N) is 2. The summed E-state index contributed by atoms with van der Waals surface area (Å²) in [6.07, 6.45) is 1.84. The van der Waals surface area contributed by atoms with Crippen LogP contribution in [0.25, 0.3) is 5.69 Å². The number of para-hydroxylation sites is 1. The van der Waals surface area contributed by atoms with Crippen LogP contribution in [0, 0.1) is 11.3 Å². The van der Waals surface area contributed by atoms with Crippen LogP contribution in [0.4, 0.5) is 0 Å². The number of hydrogen-bond donors (Lipinski definition) is 4. The maximum Gasteiger partial charge on any atom is 0.101 e. The van der Waals surface area contributed by atoms with Gasteiger partial charge in [0.15, 0.2) is 0 Å². The molecule has 1 aromatic carbocycles. The molecular weight excluding hydrogens is 282 g/mol. The molecule has 0 aliphatic carbocycles. The molecule has 0 unspecified atom stereocenters. The first-order valence-corrected chi connectivity index (χ1v) is 6.93. The number of rotatable bonds is 7. The Morgan fingerprint density at radius 3 is 2.36 bits per heavy atom. The minimum atomic E-state index is -1.14. The monoisotopic (exact) mass is 301 g/mol. The summed E-state index contributed by atoms with van der Waals surface area (Å²) < 4.78 is 1.86. The number of benzene rings is 1. The Kier molecular flexibility index (Phi) is 5.31. The van der Waals surface area contributed by atoms with Gasteiger partial charge in [0.2, 0.25) is 0 Å². The van der Waals surface area contributed by atoms with Gasteiger partial charge < -0.3 is 19.9 Å². The highest BCUT2D eigenvalue weighted by Gasteiger charge is 2.27. The van der Waals surface area contributed by atoms with Crippen molar-refractivity contribution in [3.05, 3.63) is 53.9 Å². The number of aliphatic hydroxyl groups excluding tert-OH is 3. The summed E-state index contributed by atoms with van der Waals surface area (Å²) in [4.78, 5) is 0. The fraction of sp³-hybridized carbons (Fsp3) is 0.312. The average molecular weight is 301 g/mol. The summed E-state index contributed by atoms with van der Waals surface area (Å²) in [5.41, 5.74) is 1.03. The van der Waals surface area contributed by atoms with Gasteiger partial charge in [-0.1, -0.05) is 12.1 Å². The van der Waals surface area contributed by atoms with E-state index in [1.165, 1.54) is 0 Å². The SMILES string of the molecule is N#Cc1ccccc1-n1cccc1CNC(CO)(CO)CO. The van der Waals surface area contributed by atoms with Gasteiger partial charge in [0, 0.05) is 18.4 Å². The Bertz CT molecular complexity index is 648. The average Bonchev–Trinajstić information content (AvgIpc) is 3.05. The van der Waals surface area contributed by atoms with Crippen molar-refractivity contribution in [2.75, 3.05) is 19.8 Å². The molecule has 22 heavy (non-hydrogen) atoms. The molecule has 2 aromatic rings. The zero-order valence-electron chi connectivity index (χ0n) is 12.1.